The van der Waals surface area contributed by atoms with E-state index in [4.69, 9.17) is 5.14 Å². The zero-order chi connectivity index (χ0) is 11.3. The van der Waals surface area contributed by atoms with Gasteiger partial charge in [0.05, 0.1) is 5.75 Å². The monoisotopic (exact) mass is 235 g/mol. The van der Waals surface area contributed by atoms with E-state index in [1.54, 1.807) is 4.90 Å². The minimum absolute atomic E-state index is 0.0900. The Morgan fingerprint density at radius 3 is 2.47 bits per heavy atom. The molecule has 0 saturated carbocycles. The Morgan fingerprint density at radius 1 is 1.33 bits per heavy atom. The summed E-state index contributed by atoms with van der Waals surface area (Å²) in [6.45, 7) is 1.94. The number of rotatable bonds is 4. The standard InChI is InChI=1S/C8H17N3O3S/c9-15(13,14)7-3-4-10-8(12)11-5-1-2-6-11/h1-7H2,(H,10,12)(H2,9,13,14). The van der Waals surface area contributed by atoms with Crippen molar-refractivity contribution >= 4 is 16.1 Å². The Labute approximate surface area is 89.9 Å². The molecule has 0 aromatic rings. The highest BCUT2D eigenvalue weighted by atomic mass is 32.2. The number of carbonyl (C=O) groups is 1. The van der Waals surface area contributed by atoms with E-state index in [0.29, 0.717) is 13.0 Å². The summed E-state index contributed by atoms with van der Waals surface area (Å²) in [5, 5.41) is 7.49. The van der Waals surface area contributed by atoms with Crippen molar-refractivity contribution in [2.75, 3.05) is 25.4 Å². The number of hydrogen-bond donors (Lipinski definition) is 2. The highest BCUT2D eigenvalue weighted by molar-refractivity contribution is 7.89. The molecular weight excluding hydrogens is 218 g/mol. The largest absolute Gasteiger partial charge is 0.338 e. The van der Waals surface area contributed by atoms with Gasteiger partial charge < -0.3 is 10.2 Å². The quantitative estimate of drug-likeness (QED) is 0.642. The third kappa shape index (κ3) is 4.98. The summed E-state index contributed by atoms with van der Waals surface area (Å²) in [7, 11) is -3.41. The molecular formula is C8H17N3O3S. The van der Waals surface area contributed by atoms with Crippen LogP contribution in [0.25, 0.3) is 0 Å². The van der Waals surface area contributed by atoms with Crippen molar-refractivity contribution in [3.05, 3.63) is 0 Å². The molecule has 0 aliphatic carbocycles. The van der Waals surface area contributed by atoms with Gasteiger partial charge in [0.15, 0.2) is 0 Å². The van der Waals surface area contributed by atoms with Gasteiger partial charge in [0, 0.05) is 19.6 Å². The molecule has 1 aliphatic rings. The van der Waals surface area contributed by atoms with E-state index >= 15 is 0 Å². The van der Waals surface area contributed by atoms with E-state index in [1.165, 1.54) is 0 Å². The number of nitrogens with one attached hydrogen (secondary N) is 1. The molecule has 1 aliphatic heterocycles. The lowest BCUT2D eigenvalue weighted by molar-refractivity contribution is 0.209. The average molecular weight is 235 g/mol. The summed E-state index contributed by atoms with van der Waals surface area (Å²) in [5.74, 6) is -0.0900. The third-order valence-electron chi connectivity index (χ3n) is 2.28. The second kappa shape index (κ2) is 5.32. The van der Waals surface area contributed by atoms with Crippen molar-refractivity contribution in [1.82, 2.24) is 10.2 Å². The molecule has 0 radical (unpaired) electrons. The van der Waals surface area contributed by atoms with E-state index in [0.717, 1.165) is 25.9 Å². The Kier molecular flexibility index (Phi) is 4.34. The molecule has 7 heteroatoms. The molecule has 1 rings (SSSR count). The van der Waals surface area contributed by atoms with Crippen LogP contribution in [0.1, 0.15) is 19.3 Å². The van der Waals surface area contributed by atoms with Crippen LogP contribution in [0.4, 0.5) is 4.79 Å². The summed E-state index contributed by atoms with van der Waals surface area (Å²) >= 11 is 0. The highest BCUT2D eigenvalue weighted by Crippen LogP contribution is 2.06. The van der Waals surface area contributed by atoms with Crippen LogP contribution in [0.2, 0.25) is 0 Å². The van der Waals surface area contributed by atoms with Gasteiger partial charge in [-0.1, -0.05) is 0 Å². The van der Waals surface area contributed by atoms with Crippen LogP contribution >= 0.6 is 0 Å². The van der Waals surface area contributed by atoms with Gasteiger partial charge in [0.25, 0.3) is 0 Å². The molecule has 0 unspecified atom stereocenters. The molecule has 0 atom stereocenters. The minimum Gasteiger partial charge on any atom is -0.338 e. The van der Waals surface area contributed by atoms with Gasteiger partial charge in [-0.05, 0) is 19.3 Å². The van der Waals surface area contributed by atoms with Crippen molar-refractivity contribution in [3.8, 4) is 0 Å². The molecule has 2 amide bonds. The lowest BCUT2D eigenvalue weighted by Crippen LogP contribution is -2.38. The number of likely N-dealkylation sites (tertiary alicyclic amines) is 1. The Balaban J connectivity index is 2.12. The van der Waals surface area contributed by atoms with Crippen LogP contribution in [0, 0.1) is 0 Å². The zero-order valence-corrected chi connectivity index (χ0v) is 9.42. The summed E-state index contributed by atoms with van der Waals surface area (Å²) in [5.41, 5.74) is 0. The molecule has 1 heterocycles. The lowest BCUT2D eigenvalue weighted by atomic mass is 10.4. The number of urea groups is 1. The Morgan fingerprint density at radius 2 is 1.93 bits per heavy atom. The molecule has 15 heavy (non-hydrogen) atoms. The maximum Gasteiger partial charge on any atom is 0.317 e. The van der Waals surface area contributed by atoms with Gasteiger partial charge in [0.2, 0.25) is 10.0 Å². The van der Waals surface area contributed by atoms with E-state index in [-0.39, 0.29) is 11.8 Å². The third-order valence-corrected chi connectivity index (χ3v) is 3.13. The second-order valence-corrected chi connectivity index (χ2v) is 5.38. The van der Waals surface area contributed by atoms with Gasteiger partial charge in [-0.15, -0.1) is 0 Å². The molecule has 6 nitrogen and oxygen atoms in total. The number of amides is 2. The number of hydrogen-bond acceptors (Lipinski definition) is 3. The fraction of sp³-hybridized carbons (Fsp3) is 0.875. The molecule has 88 valence electrons. The van der Waals surface area contributed by atoms with Crippen LogP contribution in [-0.2, 0) is 10.0 Å². The topological polar surface area (TPSA) is 92.5 Å². The van der Waals surface area contributed by atoms with Crippen LogP contribution in [0.15, 0.2) is 0 Å². The van der Waals surface area contributed by atoms with E-state index in [9.17, 15) is 13.2 Å². The first-order valence-electron chi connectivity index (χ1n) is 5.02. The Bertz CT molecular complexity index is 309. The van der Waals surface area contributed by atoms with Crippen LogP contribution in [0.5, 0.6) is 0 Å². The number of carbonyl (C=O) groups excluding carboxylic acids is 1. The normalized spacial score (nSPS) is 16.7. The molecule has 1 saturated heterocycles. The summed E-state index contributed by atoms with van der Waals surface area (Å²) < 4.78 is 21.2. The maximum absolute atomic E-state index is 11.4. The molecule has 0 aromatic carbocycles. The predicted molar refractivity (Wildman–Crippen MR) is 56.8 cm³/mol. The van der Waals surface area contributed by atoms with Gasteiger partial charge in [-0.25, -0.2) is 18.4 Å². The summed E-state index contributed by atoms with van der Waals surface area (Å²) in [6.07, 6.45) is 2.45. The second-order valence-electron chi connectivity index (χ2n) is 3.65. The van der Waals surface area contributed by atoms with Gasteiger partial charge >= 0.3 is 6.03 Å². The van der Waals surface area contributed by atoms with Crippen LogP contribution in [0.3, 0.4) is 0 Å². The maximum atomic E-state index is 11.4. The fourth-order valence-corrected chi connectivity index (χ4v) is 2.05. The minimum atomic E-state index is -3.41. The van der Waals surface area contributed by atoms with Crippen molar-refractivity contribution in [2.45, 2.75) is 19.3 Å². The van der Waals surface area contributed by atoms with Crippen molar-refractivity contribution in [1.29, 1.82) is 0 Å². The number of sulfonamides is 1. The van der Waals surface area contributed by atoms with Gasteiger partial charge in [-0.3, -0.25) is 0 Å². The van der Waals surface area contributed by atoms with E-state index in [2.05, 4.69) is 5.32 Å². The van der Waals surface area contributed by atoms with Gasteiger partial charge in [0.1, 0.15) is 0 Å². The van der Waals surface area contributed by atoms with Crippen molar-refractivity contribution in [2.24, 2.45) is 5.14 Å². The molecule has 3 N–H and O–H groups in total. The van der Waals surface area contributed by atoms with Gasteiger partial charge in [-0.2, -0.15) is 0 Å². The molecule has 0 spiro atoms. The molecule has 0 aromatic heterocycles. The SMILES string of the molecule is NS(=O)(=O)CCCNC(=O)N1CCCC1. The smallest absolute Gasteiger partial charge is 0.317 e. The van der Waals surface area contributed by atoms with Crippen molar-refractivity contribution in [3.63, 3.8) is 0 Å². The van der Waals surface area contributed by atoms with Crippen LogP contribution in [-0.4, -0.2) is 44.7 Å². The summed E-state index contributed by atoms with van der Waals surface area (Å²) in [4.78, 5) is 13.1. The number of nitrogens with two attached hydrogens (primary N) is 1. The predicted octanol–water partition coefficient (Wildman–Crippen LogP) is -0.530. The first kappa shape index (κ1) is 12.3. The molecule has 0 bridgehead atoms. The van der Waals surface area contributed by atoms with E-state index in [1.807, 2.05) is 0 Å². The Hall–Kier alpha value is -0.820. The van der Waals surface area contributed by atoms with E-state index < -0.39 is 10.0 Å². The number of primary sulfonamides is 1. The summed E-state index contributed by atoms with van der Waals surface area (Å²) in [6, 6.07) is -0.109. The first-order valence-corrected chi connectivity index (χ1v) is 6.74. The zero-order valence-electron chi connectivity index (χ0n) is 8.61. The first-order chi connectivity index (χ1) is 6.99. The molecule has 1 fully saturated rings. The van der Waals surface area contributed by atoms with Crippen LogP contribution < -0.4 is 10.5 Å². The van der Waals surface area contributed by atoms with Crippen molar-refractivity contribution < 1.29 is 13.2 Å². The number of nitrogens with zero attached hydrogens (tertiary/aromatic N) is 1. The highest BCUT2D eigenvalue weighted by Gasteiger charge is 2.16. The fourth-order valence-electron chi connectivity index (χ4n) is 1.50. The lowest BCUT2D eigenvalue weighted by Gasteiger charge is -2.15. The average Bonchev–Trinajstić information content (AvgIpc) is 2.63.